The van der Waals surface area contributed by atoms with Crippen LogP contribution in [-0.2, 0) is 4.74 Å². The molecule has 0 aliphatic carbocycles. The van der Waals surface area contributed by atoms with E-state index in [1.165, 1.54) is 0 Å². The lowest BCUT2D eigenvalue weighted by atomic mass is 10.0. The molecule has 3 rings (SSSR count). The fraction of sp³-hybridized carbons (Fsp3) is 0.176. The highest BCUT2D eigenvalue weighted by Gasteiger charge is 2.03. The molecule has 0 radical (unpaired) electrons. The number of nitrogens with zero attached hydrogens (tertiary/aromatic N) is 2. The molecule has 0 saturated heterocycles. The molecule has 0 aliphatic rings. The number of nitrogens with one attached hydrogen (secondary N) is 1. The molecule has 5 heteroatoms. The zero-order valence-electron chi connectivity index (χ0n) is 12.3. The maximum Gasteiger partial charge on any atom is 0.222 e. The SMILES string of the molecule is COCCNc1ncc(-c2ccc3cc(O)ccc3c2)cn1. The van der Waals surface area contributed by atoms with Crippen molar-refractivity contribution in [3.8, 4) is 16.9 Å². The lowest BCUT2D eigenvalue weighted by Crippen LogP contribution is -2.09. The van der Waals surface area contributed by atoms with E-state index in [0.29, 0.717) is 19.1 Å². The summed E-state index contributed by atoms with van der Waals surface area (Å²) in [5.74, 6) is 0.863. The highest BCUT2D eigenvalue weighted by Crippen LogP contribution is 2.26. The van der Waals surface area contributed by atoms with Gasteiger partial charge in [0.1, 0.15) is 5.75 Å². The smallest absolute Gasteiger partial charge is 0.222 e. The van der Waals surface area contributed by atoms with Gasteiger partial charge in [-0.05, 0) is 34.5 Å². The number of phenolic OH excluding ortho intramolecular Hbond substituents is 1. The van der Waals surface area contributed by atoms with Crippen molar-refractivity contribution in [3.63, 3.8) is 0 Å². The van der Waals surface area contributed by atoms with Crippen molar-refractivity contribution in [3.05, 3.63) is 48.8 Å². The van der Waals surface area contributed by atoms with Gasteiger partial charge in [-0.15, -0.1) is 0 Å². The van der Waals surface area contributed by atoms with Gasteiger partial charge in [-0.25, -0.2) is 9.97 Å². The van der Waals surface area contributed by atoms with Gasteiger partial charge in [0, 0.05) is 31.6 Å². The lowest BCUT2D eigenvalue weighted by Gasteiger charge is -2.06. The van der Waals surface area contributed by atoms with Crippen molar-refractivity contribution >= 4 is 16.7 Å². The van der Waals surface area contributed by atoms with Crippen LogP contribution in [-0.4, -0.2) is 35.3 Å². The van der Waals surface area contributed by atoms with Gasteiger partial charge in [0.25, 0.3) is 0 Å². The normalized spacial score (nSPS) is 10.8. The third-order valence-corrected chi connectivity index (χ3v) is 3.40. The molecule has 2 aromatic carbocycles. The minimum Gasteiger partial charge on any atom is -0.508 e. The van der Waals surface area contributed by atoms with Gasteiger partial charge in [-0.1, -0.05) is 18.2 Å². The average molecular weight is 295 g/mol. The molecule has 0 fully saturated rings. The summed E-state index contributed by atoms with van der Waals surface area (Å²) in [4.78, 5) is 8.61. The van der Waals surface area contributed by atoms with E-state index in [2.05, 4.69) is 21.4 Å². The maximum atomic E-state index is 9.50. The number of phenols is 1. The Morgan fingerprint density at radius 1 is 1.00 bits per heavy atom. The topological polar surface area (TPSA) is 67.3 Å². The first-order valence-electron chi connectivity index (χ1n) is 7.04. The Labute approximate surface area is 128 Å². The van der Waals surface area contributed by atoms with Crippen LogP contribution in [0.15, 0.2) is 48.8 Å². The standard InChI is InChI=1S/C17H17N3O2/c1-22-7-6-18-17-19-10-15(11-20-17)13-2-3-14-9-16(21)5-4-12(14)8-13/h2-5,8-11,21H,6-7H2,1H3,(H,18,19,20). The second kappa shape index (κ2) is 6.41. The van der Waals surface area contributed by atoms with E-state index in [4.69, 9.17) is 4.74 Å². The van der Waals surface area contributed by atoms with Crippen LogP contribution < -0.4 is 5.32 Å². The summed E-state index contributed by atoms with van der Waals surface area (Å²) in [5, 5.41) is 14.7. The number of fused-ring (bicyclic) bond motifs is 1. The summed E-state index contributed by atoms with van der Waals surface area (Å²) >= 11 is 0. The Morgan fingerprint density at radius 2 is 1.73 bits per heavy atom. The van der Waals surface area contributed by atoms with Crippen LogP contribution in [0.5, 0.6) is 5.75 Å². The Balaban J connectivity index is 1.82. The first kappa shape index (κ1) is 14.3. The van der Waals surface area contributed by atoms with E-state index < -0.39 is 0 Å². The second-order valence-electron chi connectivity index (χ2n) is 4.96. The molecule has 5 nitrogen and oxygen atoms in total. The molecule has 0 bridgehead atoms. The molecule has 0 spiro atoms. The molecule has 1 aromatic heterocycles. The van der Waals surface area contributed by atoms with E-state index in [9.17, 15) is 5.11 Å². The van der Waals surface area contributed by atoms with Gasteiger partial charge in [-0.2, -0.15) is 0 Å². The second-order valence-corrected chi connectivity index (χ2v) is 4.96. The van der Waals surface area contributed by atoms with Crippen LogP contribution in [0.2, 0.25) is 0 Å². The maximum absolute atomic E-state index is 9.50. The van der Waals surface area contributed by atoms with Gasteiger partial charge in [0.05, 0.1) is 6.61 Å². The molecular formula is C17H17N3O2. The molecule has 0 atom stereocenters. The van der Waals surface area contributed by atoms with Crippen LogP contribution in [0.25, 0.3) is 21.9 Å². The average Bonchev–Trinajstić information content (AvgIpc) is 2.55. The van der Waals surface area contributed by atoms with Crippen LogP contribution in [0.1, 0.15) is 0 Å². The Hall–Kier alpha value is -2.66. The Morgan fingerprint density at radius 3 is 2.50 bits per heavy atom. The van der Waals surface area contributed by atoms with Crippen molar-refractivity contribution in [2.45, 2.75) is 0 Å². The van der Waals surface area contributed by atoms with Gasteiger partial charge < -0.3 is 15.2 Å². The number of benzene rings is 2. The van der Waals surface area contributed by atoms with Crippen molar-refractivity contribution in [1.82, 2.24) is 9.97 Å². The van der Waals surface area contributed by atoms with Crippen molar-refractivity contribution < 1.29 is 9.84 Å². The first-order valence-corrected chi connectivity index (χ1v) is 7.04. The molecule has 112 valence electrons. The van der Waals surface area contributed by atoms with E-state index in [0.717, 1.165) is 21.9 Å². The van der Waals surface area contributed by atoms with Gasteiger partial charge >= 0.3 is 0 Å². The molecule has 1 heterocycles. The summed E-state index contributed by atoms with van der Waals surface area (Å²) in [7, 11) is 1.66. The van der Waals surface area contributed by atoms with Crippen LogP contribution in [0.4, 0.5) is 5.95 Å². The number of aromatic nitrogens is 2. The predicted molar refractivity (Wildman–Crippen MR) is 87.0 cm³/mol. The molecule has 22 heavy (non-hydrogen) atoms. The van der Waals surface area contributed by atoms with Crippen LogP contribution in [0.3, 0.4) is 0 Å². The minimum atomic E-state index is 0.273. The minimum absolute atomic E-state index is 0.273. The summed E-state index contributed by atoms with van der Waals surface area (Å²) in [6.45, 7) is 1.29. The van der Waals surface area contributed by atoms with Crippen molar-refractivity contribution in [1.29, 1.82) is 0 Å². The fourth-order valence-electron chi connectivity index (χ4n) is 2.25. The highest BCUT2D eigenvalue weighted by molar-refractivity contribution is 5.88. The van der Waals surface area contributed by atoms with Gasteiger partial charge in [0.15, 0.2) is 0 Å². The first-order chi connectivity index (χ1) is 10.8. The monoisotopic (exact) mass is 295 g/mol. The third kappa shape index (κ3) is 3.15. The van der Waals surface area contributed by atoms with E-state index in [1.54, 1.807) is 31.6 Å². The molecule has 0 amide bonds. The molecule has 0 unspecified atom stereocenters. The lowest BCUT2D eigenvalue weighted by molar-refractivity contribution is 0.210. The molecule has 0 aliphatic heterocycles. The number of methoxy groups -OCH3 is 1. The van der Waals surface area contributed by atoms with E-state index >= 15 is 0 Å². The van der Waals surface area contributed by atoms with E-state index in [-0.39, 0.29) is 5.75 Å². The Bertz CT molecular complexity index is 772. The highest BCUT2D eigenvalue weighted by atomic mass is 16.5. The molecule has 2 N–H and O–H groups in total. The Kier molecular flexibility index (Phi) is 4.16. The molecular weight excluding hydrogens is 278 g/mol. The van der Waals surface area contributed by atoms with Gasteiger partial charge in [0.2, 0.25) is 5.95 Å². The molecule has 0 saturated carbocycles. The van der Waals surface area contributed by atoms with Crippen LogP contribution in [0, 0.1) is 0 Å². The summed E-state index contributed by atoms with van der Waals surface area (Å²) in [5.41, 5.74) is 1.99. The molecule has 3 aromatic rings. The third-order valence-electron chi connectivity index (χ3n) is 3.40. The van der Waals surface area contributed by atoms with Crippen molar-refractivity contribution in [2.75, 3.05) is 25.6 Å². The van der Waals surface area contributed by atoms with Crippen molar-refractivity contribution in [2.24, 2.45) is 0 Å². The number of anilines is 1. The van der Waals surface area contributed by atoms with Gasteiger partial charge in [-0.3, -0.25) is 0 Å². The number of ether oxygens (including phenoxy) is 1. The quantitative estimate of drug-likeness (QED) is 0.708. The predicted octanol–water partition coefficient (Wildman–Crippen LogP) is 3.06. The number of hydrogen-bond donors (Lipinski definition) is 2. The number of rotatable bonds is 5. The largest absolute Gasteiger partial charge is 0.508 e. The summed E-state index contributed by atoms with van der Waals surface area (Å²) in [6.07, 6.45) is 3.59. The summed E-state index contributed by atoms with van der Waals surface area (Å²) in [6, 6.07) is 11.4. The van der Waals surface area contributed by atoms with E-state index in [1.807, 2.05) is 18.2 Å². The number of hydrogen-bond acceptors (Lipinski definition) is 5. The van der Waals surface area contributed by atoms with Crippen LogP contribution >= 0.6 is 0 Å². The zero-order valence-corrected chi connectivity index (χ0v) is 12.3. The number of aromatic hydroxyl groups is 1. The zero-order chi connectivity index (χ0) is 15.4. The summed E-state index contributed by atoms with van der Waals surface area (Å²) < 4.78 is 4.97. The fourth-order valence-corrected chi connectivity index (χ4v) is 2.25.